The molecule has 0 aliphatic rings. The van der Waals surface area contributed by atoms with Gasteiger partial charge in [-0.1, -0.05) is 34.1 Å². The van der Waals surface area contributed by atoms with Crippen LogP contribution in [0.15, 0.2) is 0 Å². The van der Waals surface area contributed by atoms with Gasteiger partial charge >= 0.3 is 0 Å². The number of hydrogen-bond donors (Lipinski definition) is 1. The summed E-state index contributed by atoms with van der Waals surface area (Å²) in [7, 11) is 0. The van der Waals surface area contributed by atoms with Crippen molar-refractivity contribution in [3.63, 3.8) is 0 Å². The van der Waals surface area contributed by atoms with Gasteiger partial charge in [-0.25, -0.2) is 0 Å². The van der Waals surface area contributed by atoms with Gasteiger partial charge in [0.15, 0.2) is 5.78 Å². The molecule has 0 radical (unpaired) electrons. The standard InChI is InChI=1S/C12H24N2O2/c1-5-6-7-14(9-11(13)16)8-10(15)12(2,3)4/h5-9H2,1-4H3,(H2,13,16). The summed E-state index contributed by atoms with van der Waals surface area (Å²) >= 11 is 0. The third-order valence-electron chi connectivity index (χ3n) is 2.41. The zero-order valence-corrected chi connectivity index (χ0v) is 10.9. The van der Waals surface area contributed by atoms with Gasteiger partial charge in [0.1, 0.15) is 0 Å². The number of ketones is 1. The topological polar surface area (TPSA) is 63.4 Å². The van der Waals surface area contributed by atoms with Crippen molar-refractivity contribution in [1.29, 1.82) is 0 Å². The minimum Gasteiger partial charge on any atom is -0.369 e. The molecule has 0 bridgehead atoms. The monoisotopic (exact) mass is 228 g/mol. The third-order valence-corrected chi connectivity index (χ3v) is 2.41. The first-order valence-corrected chi connectivity index (χ1v) is 5.81. The second kappa shape index (κ2) is 6.63. The highest BCUT2D eigenvalue weighted by atomic mass is 16.1. The van der Waals surface area contributed by atoms with E-state index >= 15 is 0 Å². The van der Waals surface area contributed by atoms with Gasteiger partial charge in [-0.3, -0.25) is 14.5 Å². The van der Waals surface area contributed by atoms with Crippen LogP contribution in [-0.2, 0) is 9.59 Å². The molecule has 0 saturated heterocycles. The highest BCUT2D eigenvalue weighted by molar-refractivity contribution is 5.86. The van der Waals surface area contributed by atoms with Gasteiger partial charge in [0.2, 0.25) is 5.91 Å². The van der Waals surface area contributed by atoms with Crippen molar-refractivity contribution in [3.05, 3.63) is 0 Å². The fourth-order valence-electron chi connectivity index (χ4n) is 1.26. The van der Waals surface area contributed by atoms with Crippen molar-refractivity contribution in [2.45, 2.75) is 40.5 Å². The van der Waals surface area contributed by atoms with E-state index in [0.717, 1.165) is 19.4 Å². The van der Waals surface area contributed by atoms with E-state index in [1.165, 1.54) is 0 Å². The lowest BCUT2D eigenvalue weighted by molar-refractivity contribution is -0.128. The van der Waals surface area contributed by atoms with Crippen LogP contribution in [0.25, 0.3) is 0 Å². The average molecular weight is 228 g/mol. The zero-order valence-electron chi connectivity index (χ0n) is 10.9. The first-order chi connectivity index (χ1) is 7.27. The molecule has 0 aromatic rings. The SMILES string of the molecule is CCCCN(CC(N)=O)CC(=O)C(C)(C)C. The molecule has 0 aliphatic heterocycles. The minimum atomic E-state index is -0.377. The van der Waals surface area contributed by atoms with E-state index in [1.807, 2.05) is 25.7 Å². The van der Waals surface area contributed by atoms with Crippen molar-refractivity contribution in [3.8, 4) is 0 Å². The molecule has 1 amide bonds. The lowest BCUT2D eigenvalue weighted by Crippen LogP contribution is -2.41. The molecule has 0 heterocycles. The molecule has 16 heavy (non-hydrogen) atoms. The number of primary amides is 1. The number of amides is 1. The number of carbonyl (C=O) groups is 2. The molecule has 0 rings (SSSR count). The van der Waals surface area contributed by atoms with Crippen molar-refractivity contribution >= 4 is 11.7 Å². The summed E-state index contributed by atoms with van der Waals surface area (Å²) in [6.07, 6.45) is 2.02. The molecule has 0 aromatic heterocycles. The van der Waals surface area contributed by atoms with Crippen LogP contribution in [0.3, 0.4) is 0 Å². The van der Waals surface area contributed by atoms with E-state index in [-0.39, 0.29) is 23.7 Å². The highest BCUT2D eigenvalue weighted by Gasteiger charge is 2.23. The predicted octanol–water partition coefficient (Wildman–Crippen LogP) is 1.19. The average Bonchev–Trinajstić information content (AvgIpc) is 2.11. The Morgan fingerprint density at radius 1 is 1.19 bits per heavy atom. The number of carbonyl (C=O) groups excluding carboxylic acids is 2. The van der Waals surface area contributed by atoms with Crippen molar-refractivity contribution < 1.29 is 9.59 Å². The molecule has 0 atom stereocenters. The summed E-state index contributed by atoms with van der Waals surface area (Å²) in [6.45, 7) is 8.97. The lowest BCUT2D eigenvalue weighted by Gasteiger charge is -2.24. The first-order valence-electron chi connectivity index (χ1n) is 5.81. The number of nitrogens with two attached hydrogens (primary N) is 1. The van der Waals surface area contributed by atoms with Gasteiger partial charge in [-0.15, -0.1) is 0 Å². The van der Waals surface area contributed by atoms with Gasteiger partial charge in [0.05, 0.1) is 13.1 Å². The Morgan fingerprint density at radius 3 is 2.12 bits per heavy atom. The predicted molar refractivity (Wildman–Crippen MR) is 65.0 cm³/mol. The molecule has 0 unspecified atom stereocenters. The molecule has 0 saturated carbocycles. The van der Waals surface area contributed by atoms with Crippen molar-refractivity contribution in [2.75, 3.05) is 19.6 Å². The summed E-state index contributed by atoms with van der Waals surface area (Å²) in [5, 5.41) is 0. The quantitative estimate of drug-likeness (QED) is 0.712. The van der Waals surface area contributed by atoms with Crippen molar-refractivity contribution in [1.82, 2.24) is 4.90 Å². The fourth-order valence-corrected chi connectivity index (χ4v) is 1.26. The second-order valence-electron chi connectivity index (χ2n) is 5.20. The fraction of sp³-hybridized carbons (Fsp3) is 0.833. The summed E-state index contributed by atoms with van der Waals surface area (Å²) in [6, 6.07) is 0. The van der Waals surface area contributed by atoms with Crippen LogP contribution in [-0.4, -0.2) is 36.2 Å². The van der Waals surface area contributed by atoms with E-state index in [4.69, 9.17) is 5.73 Å². The summed E-state index contributed by atoms with van der Waals surface area (Å²) < 4.78 is 0. The minimum absolute atomic E-state index is 0.143. The molecule has 94 valence electrons. The lowest BCUT2D eigenvalue weighted by atomic mass is 9.90. The van der Waals surface area contributed by atoms with Crippen LogP contribution < -0.4 is 5.73 Å². The van der Waals surface area contributed by atoms with Crippen LogP contribution in [0.1, 0.15) is 40.5 Å². The summed E-state index contributed by atoms with van der Waals surface area (Å²) in [5.41, 5.74) is 4.80. The normalized spacial score (nSPS) is 11.8. The van der Waals surface area contributed by atoms with E-state index in [9.17, 15) is 9.59 Å². The zero-order chi connectivity index (χ0) is 12.8. The molecule has 0 aliphatic carbocycles. The van der Waals surface area contributed by atoms with Crippen LogP contribution in [0.4, 0.5) is 0 Å². The molecule has 0 fully saturated rings. The van der Waals surface area contributed by atoms with Gasteiger partial charge in [-0.2, -0.15) is 0 Å². The number of Topliss-reactive ketones (excluding diaryl/α,β-unsaturated/α-hetero) is 1. The Labute approximate surface area is 98.2 Å². The molecular formula is C12H24N2O2. The van der Waals surface area contributed by atoms with Crippen LogP contribution in [0.2, 0.25) is 0 Å². The summed E-state index contributed by atoms with van der Waals surface area (Å²) in [4.78, 5) is 24.5. The van der Waals surface area contributed by atoms with Crippen LogP contribution in [0, 0.1) is 5.41 Å². The van der Waals surface area contributed by atoms with Crippen molar-refractivity contribution in [2.24, 2.45) is 11.1 Å². The van der Waals surface area contributed by atoms with Gasteiger partial charge < -0.3 is 5.73 Å². The molecule has 0 spiro atoms. The molecule has 2 N–H and O–H groups in total. The number of nitrogens with zero attached hydrogens (tertiary/aromatic N) is 1. The molecular weight excluding hydrogens is 204 g/mol. The van der Waals surface area contributed by atoms with Crippen LogP contribution >= 0.6 is 0 Å². The van der Waals surface area contributed by atoms with Gasteiger partial charge in [0.25, 0.3) is 0 Å². The first kappa shape index (κ1) is 15.1. The maximum atomic E-state index is 11.8. The van der Waals surface area contributed by atoms with E-state index in [0.29, 0.717) is 6.54 Å². The van der Waals surface area contributed by atoms with Crippen LogP contribution in [0.5, 0.6) is 0 Å². The van der Waals surface area contributed by atoms with E-state index in [2.05, 4.69) is 6.92 Å². The number of hydrogen-bond acceptors (Lipinski definition) is 3. The maximum absolute atomic E-state index is 11.8. The smallest absolute Gasteiger partial charge is 0.231 e. The Hall–Kier alpha value is -0.900. The Bertz CT molecular complexity index is 244. The third kappa shape index (κ3) is 6.56. The summed E-state index contributed by atoms with van der Waals surface area (Å²) in [5.74, 6) is -0.234. The molecule has 4 heteroatoms. The molecule has 0 aromatic carbocycles. The van der Waals surface area contributed by atoms with E-state index in [1.54, 1.807) is 0 Å². The largest absolute Gasteiger partial charge is 0.369 e. The van der Waals surface area contributed by atoms with E-state index < -0.39 is 0 Å². The van der Waals surface area contributed by atoms with Gasteiger partial charge in [0, 0.05) is 5.41 Å². The highest BCUT2D eigenvalue weighted by Crippen LogP contribution is 2.15. The second-order valence-corrected chi connectivity index (χ2v) is 5.20. The van der Waals surface area contributed by atoms with Gasteiger partial charge in [-0.05, 0) is 13.0 Å². The number of rotatable bonds is 7. The Kier molecular flexibility index (Phi) is 6.26. The Morgan fingerprint density at radius 2 is 1.75 bits per heavy atom. The molecule has 4 nitrogen and oxygen atoms in total. The Balaban J connectivity index is 4.30. The maximum Gasteiger partial charge on any atom is 0.231 e. The number of unbranched alkanes of at least 4 members (excludes halogenated alkanes) is 1.